The van der Waals surface area contributed by atoms with Crippen molar-refractivity contribution in [3.05, 3.63) is 28.0 Å². The van der Waals surface area contributed by atoms with E-state index in [0.717, 1.165) is 39.1 Å². The highest BCUT2D eigenvalue weighted by Crippen LogP contribution is 2.30. The maximum atomic E-state index is 14.3. The van der Waals surface area contributed by atoms with E-state index in [4.69, 9.17) is 5.11 Å². The van der Waals surface area contributed by atoms with E-state index in [1.807, 2.05) is 4.90 Å². The number of halogens is 2. The van der Waals surface area contributed by atoms with Crippen LogP contribution < -0.4 is 4.90 Å². The van der Waals surface area contributed by atoms with Crippen LogP contribution in [-0.4, -0.2) is 48.7 Å². The molecule has 110 valence electrons. The molecule has 20 heavy (non-hydrogen) atoms. The van der Waals surface area contributed by atoms with Crippen molar-refractivity contribution in [2.24, 2.45) is 0 Å². The standard InChI is InChI=1S/C14H18BrFN2O2/c1-2-5-17-6-8-18(9-7-17)11-4-3-10(14(19)20)12(15)13(11)16/h3-4H,2,5-9H2,1H3,(H,19,20). The summed E-state index contributed by atoms with van der Waals surface area (Å²) < 4.78 is 14.3. The lowest BCUT2D eigenvalue weighted by Gasteiger charge is -2.36. The van der Waals surface area contributed by atoms with Gasteiger partial charge in [-0.05, 0) is 41.0 Å². The fourth-order valence-electron chi connectivity index (χ4n) is 2.48. The quantitative estimate of drug-likeness (QED) is 0.912. The second kappa shape index (κ2) is 6.54. The number of nitrogens with zero attached hydrogens (tertiary/aromatic N) is 2. The molecule has 1 aromatic rings. The topological polar surface area (TPSA) is 43.8 Å². The van der Waals surface area contributed by atoms with Crippen molar-refractivity contribution in [3.8, 4) is 0 Å². The zero-order valence-corrected chi connectivity index (χ0v) is 13.0. The summed E-state index contributed by atoms with van der Waals surface area (Å²) >= 11 is 3.04. The highest BCUT2D eigenvalue weighted by Gasteiger charge is 2.22. The van der Waals surface area contributed by atoms with Crippen LogP contribution >= 0.6 is 15.9 Å². The van der Waals surface area contributed by atoms with Crippen molar-refractivity contribution >= 4 is 27.6 Å². The van der Waals surface area contributed by atoms with Crippen LogP contribution in [0, 0.1) is 5.82 Å². The molecule has 1 saturated heterocycles. The maximum Gasteiger partial charge on any atom is 0.336 e. The molecule has 0 aromatic heterocycles. The number of aromatic carboxylic acids is 1. The molecule has 1 fully saturated rings. The average molecular weight is 345 g/mol. The first-order valence-electron chi connectivity index (χ1n) is 6.73. The highest BCUT2D eigenvalue weighted by atomic mass is 79.9. The third-order valence-corrected chi connectivity index (χ3v) is 4.32. The molecule has 6 heteroatoms. The smallest absolute Gasteiger partial charge is 0.336 e. The van der Waals surface area contributed by atoms with Gasteiger partial charge in [-0.1, -0.05) is 6.92 Å². The molecule has 1 N–H and O–H groups in total. The Labute approximate surface area is 126 Å². The Kier molecular flexibility index (Phi) is 4.99. The SMILES string of the molecule is CCCN1CCN(c2ccc(C(=O)O)c(Br)c2F)CC1. The Morgan fingerprint density at radius 3 is 2.55 bits per heavy atom. The number of hydrogen-bond donors (Lipinski definition) is 1. The third kappa shape index (κ3) is 3.12. The van der Waals surface area contributed by atoms with Crippen molar-refractivity contribution in [1.29, 1.82) is 0 Å². The summed E-state index contributed by atoms with van der Waals surface area (Å²) in [6.45, 7) is 6.55. The van der Waals surface area contributed by atoms with Crippen LogP contribution in [0.15, 0.2) is 16.6 Å². The number of carboxylic acid groups (broad SMARTS) is 1. The number of benzene rings is 1. The molecular weight excluding hydrogens is 327 g/mol. The van der Waals surface area contributed by atoms with Crippen LogP contribution in [0.2, 0.25) is 0 Å². The first kappa shape index (κ1) is 15.3. The molecule has 2 rings (SSSR count). The minimum absolute atomic E-state index is 0.0264. The summed E-state index contributed by atoms with van der Waals surface area (Å²) in [6, 6.07) is 3.00. The first-order valence-corrected chi connectivity index (χ1v) is 7.52. The molecule has 1 aromatic carbocycles. The Hall–Kier alpha value is -1.14. The van der Waals surface area contributed by atoms with Crippen LogP contribution in [0.1, 0.15) is 23.7 Å². The minimum Gasteiger partial charge on any atom is -0.478 e. The van der Waals surface area contributed by atoms with Gasteiger partial charge in [0.1, 0.15) is 0 Å². The molecule has 0 aliphatic carbocycles. The summed E-state index contributed by atoms with van der Waals surface area (Å²) in [6.07, 6.45) is 1.12. The lowest BCUT2D eigenvalue weighted by Crippen LogP contribution is -2.46. The van der Waals surface area contributed by atoms with Gasteiger partial charge in [0.25, 0.3) is 0 Å². The first-order chi connectivity index (χ1) is 9.54. The van der Waals surface area contributed by atoms with Crippen LogP contribution in [0.4, 0.5) is 10.1 Å². The molecule has 0 radical (unpaired) electrons. The van der Waals surface area contributed by atoms with E-state index in [9.17, 15) is 9.18 Å². The number of carboxylic acids is 1. The molecule has 4 nitrogen and oxygen atoms in total. The monoisotopic (exact) mass is 344 g/mol. The van der Waals surface area contributed by atoms with E-state index in [0.29, 0.717) is 5.69 Å². The molecule has 1 heterocycles. The largest absolute Gasteiger partial charge is 0.478 e. The molecule has 1 aliphatic rings. The summed E-state index contributed by atoms with van der Waals surface area (Å²) in [4.78, 5) is 15.3. The Balaban J connectivity index is 2.15. The zero-order chi connectivity index (χ0) is 14.7. The predicted octanol–water partition coefficient (Wildman–Crippen LogP) is 2.82. The molecule has 0 atom stereocenters. The predicted molar refractivity (Wildman–Crippen MR) is 80.0 cm³/mol. The second-order valence-corrected chi connectivity index (χ2v) is 5.69. The summed E-state index contributed by atoms with van der Waals surface area (Å²) in [5.41, 5.74) is 0.425. The fourth-order valence-corrected chi connectivity index (χ4v) is 2.98. The molecule has 0 saturated carbocycles. The van der Waals surface area contributed by atoms with Crippen molar-refractivity contribution in [2.75, 3.05) is 37.6 Å². The molecule has 0 spiro atoms. The Morgan fingerprint density at radius 2 is 2.00 bits per heavy atom. The summed E-state index contributed by atoms with van der Waals surface area (Å²) in [5.74, 6) is -1.62. The van der Waals surface area contributed by atoms with Crippen LogP contribution in [0.3, 0.4) is 0 Å². The average Bonchev–Trinajstić information content (AvgIpc) is 2.43. The molecule has 0 bridgehead atoms. The number of carbonyl (C=O) groups is 1. The van der Waals surface area contributed by atoms with Crippen molar-refractivity contribution < 1.29 is 14.3 Å². The maximum absolute atomic E-state index is 14.3. The molecule has 0 unspecified atom stereocenters. The van der Waals surface area contributed by atoms with Gasteiger partial charge in [-0.15, -0.1) is 0 Å². The number of anilines is 1. The minimum atomic E-state index is -1.13. The Morgan fingerprint density at radius 1 is 1.35 bits per heavy atom. The van der Waals surface area contributed by atoms with Gasteiger partial charge in [0.15, 0.2) is 5.82 Å². The van der Waals surface area contributed by atoms with Gasteiger partial charge >= 0.3 is 5.97 Å². The van der Waals surface area contributed by atoms with E-state index < -0.39 is 11.8 Å². The highest BCUT2D eigenvalue weighted by molar-refractivity contribution is 9.10. The Bertz CT molecular complexity index is 502. The third-order valence-electron chi connectivity index (χ3n) is 3.55. The number of piperazine rings is 1. The van der Waals surface area contributed by atoms with Gasteiger partial charge in [-0.2, -0.15) is 0 Å². The van der Waals surface area contributed by atoms with Gasteiger partial charge in [-0.3, -0.25) is 4.90 Å². The second-order valence-electron chi connectivity index (χ2n) is 4.89. The fraction of sp³-hybridized carbons (Fsp3) is 0.500. The van der Waals surface area contributed by atoms with Gasteiger partial charge in [-0.25, -0.2) is 9.18 Å². The number of rotatable bonds is 4. The van der Waals surface area contributed by atoms with E-state index in [1.54, 1.807) is 6.07 Å². The van der Waals surface area contributed by atoms with E-state index in [-0.39, 0.29) is 10.0 Å². The normalized spacial score (nSPS) is 16.4. The summed E-state index contributed by atoms with van der Waals surface area (Å²) in [7, 11) is 0. The van der Waals surface area contributed by atoms with E-state index in [1.165, 1.54) is 6.07 Å². The molecule has 1 aliphatic heterocycles. The number of hydrogen-bond acceptors (Lipinski definition) is 3. The van der Waals surface area contributed by atoms with Gasteiger partial charge in [0, 0.05) is 26.2 Å². The molecule has 0 amide bonds. The van der Waals surface area contributed by atoms with Crippen molar-refractivity contribution in [1.82, 2.24) is 4.90 Å². The van der Waals surface area contributed by atoms with Gasteiger partial charge in [0.05, 0.1) is 15.7 Å². The molecular formula is C14H18BrFN2O2. The van der Waals surface area contributed by atoms with Crippen molar-refractivity contribution in [3.63, 3.8) is 0 Å². The van der Waals surface area contributed by atoms with Crippen LogP contribution in [0.5, 0.6) is 0 Å². The van der Waals surface area contributed by atoms with Crippen LogP contribution in [-0.2, 0) is 0 Å². The van der Waals surface area contributed by atoms with Gasteiger partial charge in [0.2, 0.25) is 0 Å². The van der Waals surface area contributed by atoms with E-state index >= 15 is 0 Å². The summed E-state index contributed by atoms with van der Waals surface area (Å²) in [5, 5.41) is 8.97. The van der Waals surface area contributed by atoms with Gasteiger partial charge < -0.3 is 10.0 Å². The zero-order valence-electron chi connectivity index (χ0n) is 11.4. The van der Waals surface area contributed by atoms with E-state index in [2.05, 4.69) is 27.8 Å². The van der Waals surface area contributed by atoms with Crippen LogP contribution in [0.25, 0.3) is 0 Å². The lowest BCUT2D eigenvalue weighted by atomic mass is 10.1. The van der Waals surface area contributed by atoms with Crippen molar-refractivity contribution in [2.45, 2.75) is 13.3 Å². The lowest BCUT2D eigenvalue weighted by molar-refractivity contribution is 0.0695.